The van der Waals surface area contributed by atoms with Gasteiger partial charge in [0.05, 0.1) is 17.6 Å². The third-order valence-corrected chi connectivity index (χ3v) is 3.39. The number of nitro groups is 1. The summed E-state index contributed by atoms with van der Waals surface area (Å²) in [4.78, 5) is 24.2. The van der Waals surface area contributed by atoms with Gasteiger partial charge in [0.15, 0.2) is 0 Å². The van der Waals surface area contributed by atoms with Crippen molar-refractivity contribution in [3.63, 3.8) is 0 Å². The maximum absolute atomic E-state index is 12.3. The molecule has 1 amide bonds. The molecule has 1 unspecified atom stereocenters. The lowest BCUT2D eigenvalue weighted by Gasteiger charge is -2.23. The van der Waals surface area contributed by atoms with Crippen molar-refractivity contribution in [3.8, 4) is 0 Å². The molecular formula is C12H13ClN2O4. The first-order valence-corrected chi connectivity index (χ1v) is 6.17. The molecule has 1 atom stereocenters. The average molecular weight is 285 g/mol. The van der Waals surface area contributed by atoms with Crippen LogP contribution in [0.1, 0.15) is 16.8 Å². The van der Waals surface area contributed by atoms with Crippen molar-refractivity contribution in [2.24, 2.45) is 0 Å². The minimum absolute atomic E-state index is 0.00639. The summed E-state index contributed by atoms with van der Waals surface area (Å²) in [6.07, 6.45) is 0.733. The van der Waals surface area contributed by atoms with Crippen molar-refractivity contribution in [2.75, 3.05) is 20.3 Å². The van der Waals surface area contributed by atoms with Crippen LogP contribution < -0.4 is 0 Å². The van der Waals surface area contributed by atoms with E-state index in [2.05, 4.69) is 0 Å². The summed E-state index contributed by atoms with van der Waals surface area (Å²) >= 11 is 5.81. The lowest BCUT2D eigenvalue weighted by molar-refractivity contribution is -0.385. The van der Waals surface area contributed by atoms with Gasteiger partial charge in [-0.2, -0.15) is 0 Å². The zero-order valence-electron chi connectivity index (χ0n) is 10.3. The molecule has 1 aromatic carbocycles. The predicted octanol–water partition coefficient (Wildman–Crippen LogP) is 2.11. The topological polar surface area (TPSA) is 72.7 Å². The number of hydrogen-bond acceptors (Lipinski definition) is 4. The number of hydrogen-bond donors (Lipinski definition) is 0. The fourth-order valence-corrected chi connectivity index (χ4v) is 2.19. The molecule has 0 aliphatic carbocycles. The Labute approximate surface area is 115 Å². The maximum atomic E-state index is 12.3. The van der Waals surface area contributed by atoms with Crippen molar-refractivity contribution in [3.05, 3.63) is 38.9 Å². The highest BCUT2D eigenvalue weighted by Gasteiger charge is 2.29. The molecule has 0 N–H and O–H groups in total. The van der Waals surface area contributed by atoms with Gasteiger partial charge < -0.3 is 9.64 Å². The Balaban J connectivity index is 2.31. The van der Waals surface area contributed by atoms with E-state index in [0.29, 0.717) is 18.2 Å². The van der Waals surface area contributed by atoms with Crippen LogP contribution in [-0.2, 0) is 4.74 Å². The van der Waals surface area contributed by atoms with E-state index in [9.17, 15) is 14.9 Å². The number of nitrogens with zero attached hydrogens (tertiary/aromatic N) is 2. The molecule has 1 heterocycles. The summed E-state index contributed by atoms with van der Waals surface area (Å²) in [5.41, 5.74) is -0.230. The van der Waals surface area contributed by atoms with Gasteiger partial charge in [0.25, 0.3) is 11.6 Å². The SMILES string of the molecule is CN(C(=O)c1cc(Cl)ccc1[N+](=O)[O-])C1CCOC1. The van der Waals surface area contributed by atoms with Crippen LogP contribution in [0, 0.1) is 10.1 Å². The molecule has 0 saturated carbocycles. The number of nitro benzene ring substituents is 1. The van der Waals surface area contributed by atoms with Crippen LogP contribution in [0.15, 0.2) is 18.2 Å². The number of benzene rings is 1. The van der Waals surface area contributed by atoms with Crippen molar-refractivity contribution < 1.29 is 14.5 Å². The fourth-order valence-electron chi connectivity index (χ4n) is 2.02. The Bertz CT molecular complexity index is 514. The Hall–Kier alpha value is -1.66. The predicted molar refractivity (Wildman–Crippen MR) is 69.4 cm³/mol. The first-order chi connectivity index (χ1) is 9.00. The van der Waals surface area contributed by atoms with Crippen LogP contribution in [0.5, 0.6) is 0 Å². The molecule has 7 heteroatoms. The van der Waals surface area contributed by atoms with E-state index in [1.54, 1.807) is 7.05 Å². The van der Waals surface area contributed by atoms with Crippen molar-refractivity contribution in [1.82, 2.24) is 4.90 Å². The number of rotatable bonds is 3. The van der Waals surface area contributed by atoms with Gasteiger partial charge in [-0.3, -0.25) is 14.9 Å². The monoisotopic (exact) mass is 284 g/mol. The van der Waals surface area contributed by atoms with Crippen LogP contribution >= 0.6 is 11.6 Å². The average Bonchev–Trinajstić information content (AvgIpc) is 2.90. The quantitative estimate of drug-likeness (QED) is 0.629. The minimum Gasteiger partial charge on any atom is -0.379 e. The highest BCUT2D eigenvalue weighted by molar-refractivity contribution is 6.31. The Kier molecular flexibility index (Phi) is 4.01. The second-order valence-corrected chi connectivity index (χ2v) is 4.79. The molecule has 0 radical (unpaired) electrons. The van der Waals surface area contributed by atoms with Gasteiger partial charge in [0, 0.05) is 24.7 Å². The van der Waals surface area contributed by atoms with Gasteiger partial charge in [0.2, 0.25) is 0 Å². The summed E-state index contributed by atoms with van der Waals surface area (Å²) in [7, 11) is 1.62. The Morgan fingerprint density at radius 1 is 1.58 bits per heavy atom. The van der Waals surface area contributed by atoms with Gasteiger partial charge >= 0.3 is 0 Å². The normalized spacial score (nSPS) is 18.3. The zero-order chi connectivity index (χ0) is 14.0. The van der Waals surface area contributed by atoms with Gasteiger partial charge in [-0.1, -0.05) is 11.6 Å². The van der Waals surface area contributed by atoms with Gasteiger partial charge in [-0.15, -0.1) is 0 Å². The molecular weight excluding hydrogens is 272 g/mol. The smallest absolute Gasteiger partial charge is 0.282 e. The van der Waals surface area contributed by atoms with Crippen molar-refractivity contribution >= 4 is 23.2 Å². The van der Waals surface area contributed by atoms with Gasteiger partial charge in [-0.05, 0) is 18.6 Å². The third-order valence-electron chi connectivity index (χ3n) is 3.16. The molecule has 1 fully saturated rings. The fraction of sp³-hybridized carbons (Fsp3) is 0.417. The van der Waals surface area contributed by atoms with Crippen LogP contribution in [0.4, 0.5) is 5.69 Å². The molecule has 0 bridgehead atoms. The summed E-state index contributed by atoms with van der Waals surface area (Å²) in [6.45, 7) is 1.05. The van der Waals surface area contributed by atoms with Crippen LogP contribution in [0.3, 0.4) is 0 Å². The van der Waals surface area contributed by atoms with Gasteiger partial charge in [0.1, 0.15) is 5.56 Å². The Morgan fingerprint density at radius 2 is 2.32 bits per heavy atom. The molecule has 2 rings (SSSR count). The van der Waals surface area contributed by atoms with Crippen LogP contribution in [0.25, 0.3) is 0 Å². The van der Waals surface area contributed by atoms with E-state index in [-0.39, 0.29) is 17.3 Å². The number of likely N-dealkylation sites (N-methyl/N-ethyl adjacent to an activating group) is 1. The molecule has 6 nitrogen and oxygen atoms in total. The molecule has 1 aliphatic heterocycles. The van der Waals surface area contributed by atoms with E-state index < -0.39 is 10.8 Å². The van der Waals surface area contributed by atoms with E-state index in [1.165, 1.54) is 23.1 Å². The number of halogens is 1. The molecule has 0 aromatic heterocycles. The molecule has 102 valence electrons. The summed E-state index contributed by atoms with van der Waals surface area (Å²) < 4.78 is 5.21. The first kappa shape index (κ1) is 13.8. The van der Waals surface area contributed by atoms with Crippen molar-refractivity contribution in [1.29, 1.82) is 0 Å². The number of carbonyl (C=O) groups is 1. The highest BCUT2D eigenvalue weighted by Crippen LogP contribution is 2.25. The van der Waals surface area contributed by atoms with E-state index in [1.807, 2.05) is 0 Å². The van der Waals surface area contributed by atoms with Crippen molar-refractivity contribution in [2.45, 2.75) is 12.5 Å². The first-order valence-electron chi connectivity index (χ1n) is 5.79. The summed E-state index contributed by atoms with van der Waals surface area (Å²) in [6, 6.07) is 3.92. The summed E-state index contributed by atoms with van der Waals surface area (Å²) in [5, 5.41) is 11.2. The third kappa shape index (κ3) is 2.85. The zero-order valence-corrected chi connectivity index (χ0v) is 11.1. The number of ether oxygens (including phenoxy) is 1. The van der Waals surface area contributed by atoms with E-state index in [0.717, 1.165) is 6.42 Å². The molecule has 1 saturated heterocycles. The lowest BCUT2D eigenvalue weighted by atomic mass is 10.1. The minimum atomic E-state index is -0.581. The second kappa shape index (κ2) is 5.54. The molecule has 0 spiro atoms. The highest BCUT2D eigenvalue weighted by atomic mass is 35.5. The maximum Gasteiger partial charge on any atom is 0.282 e. The molecule has 1 aliphatic rings. The lowest BCUT2D eigenvalue weighted by Crippen LogP contribution is -2.37. The number of amides is 1. The largest absolute Gasteiger partial charge is 0.379 e. The molecule has 19 heavy (non-hydrogen) atoms. The standard InChI is InChI=1S/C12H13ClN2O4/c1-14(9-4-5-19-7-9)12(16)10-6-8(13)2-3-11(10)15(17)18/h2-3,6,9H,4-5,7H2,1H3. The van der Waals surface area contributed by atoms with E-state index >= 15 is 0 Å². The van der Waals surface area contributed by atoms with Crippen LogP contribution in [-0.4, -0.2) is 42.0 Å². The van der Waals surface area contributed by atoms with Crippen LogP contribution in [0.2, 0.25) is 5.02 Å². The summed E-state index contributed by atoms with van der Waals surface area (Å²) in [5.74, 6) is -0.412. The second-order valence-electron chi connectivity index (χ2n) is 4.35. The van der Waals surface area contributed by atoms with Gasteiger partial charge in [-0.25, -0.2) is 0 Å². The Morgan fingerprint density at radius 3 is 2.89 bits per heavy atom. The molecule has 1 aromatic rings. The van der Waals surface area contributed by atoms with E-state index in [4.69, 9.17) is 16.3 Å². The number of carbonyl (C=O) groups excluding carboxylic acids is 1.